The van der Waals surface area contributed by atoms with Crippen LogP contribution in [0, 0.1) is 10.1 Å². The summed E-state index contributed by atoms with van der Waals surface area (Å²) in [5.41, 5.74) is 5.57. The minimum absolute atomic E-state index is 0.0919. The number of carbonyl (C=O) groups excluding carboxylic acids is 1. The molecule has 0 saturated heterocycles. The molecule has 7 nitrogen and oxygen atoms in total. The van der Waals surface area contributed by atoms with Gasteiger partial charge >= 0.3 is 11.7 Å². The minimum atomic E-state index is -0.611. The van der Waals surface area contributed by atoms with Crippen LogP contribution in [0.5, 0.6) is 0 Å². The fraction of sp³-hybridized carbons (Fsp3) is 0.200. The van der Waals surface area contributed by atoms with Gasteiger partial charge in [-0.25, -0.2) is 4.98 Å². The second-order valence-corrected chi connectivity index (χ2v) is 3.11. The highest BCUT2D eigenvalue weighted by atomic mass is 16.6. The quantitative estimate of drug-likeness (QED) is 0.478. The van der Waals surface area contributed by atoms with Crippen LogP contribution in [-0.4, -0.2) is 23.0 Å². The molecule has 0 radical (unpaired) electrons. The molecule has 0 atom stereocenters. The normalized spacial score (nSPS) is 10.4. The number of nitrogens with zero attached hydrogens (tertiary/aromatic N) is 2. The van der Waals surface area contributed by atoms with Crippen LogP contribution in [0.1, 0.15) is 12.0 Å². The molecule has 0 unspecified atom stereocenters. The summed E-state index contributed by atoms with van der Waals surface area (Å²) in [6.07, 6.45) is 4.55. The Balaban J connectivity index is 2.82. The number of hydrogen-bond acceptors (Lipinski definition) is 6. The average Bonchev–Trinajstić information content (AvgIpc) is 2.30. The Morgan fingerprint density at radius 3 is 3.00 bits per heavy atom. The first-order valence-electron chi connectivity index (χ1n) is 4.68. The number of aromatic nitrogens is 1. The largest absolute Gasteiger partial charge is 0.469 e. The second-order valence-electron chi connectivity index (χ2n) is 3.11. The van der Waals surface area contributed by atoms with Crippen LogP contribution in [0.25, 0.3) is 6.08 Å². The van der Waals surface area contributed by atoms with E-state index >= 15 is 0 Å². The van der Waals surface area contributed by atoms with Gasteiger partial charge in [0.1, 0.15) is 0 Å². The molecule has 2 N–H and O–H groups in total. The van der Waals surface area contributed by atoms with E-state index in [4.69, 9.17) is 5.73 Å². The predicted molar refractivity (Wildman–Crippen MR) is 61.0 cm³/mol. The number of rotatable bonds is 4. The number of esters is 1. The van der Waals surface area contributed by atoms with Crippen molar-refractivity contribution in [2.24, 2.45) is 0 Å². The maximum absolute atomic E-state index is 10.8. The molecule has 7 heteroatoms. The third-order valence-corrected chi connectivity index (χ3v) is 1.94. The molecule has 0 aromatic carbocycles. The Morgan fingerprint density at radius 1 is 1.71 bits per heavy atom. The van der Waals surface area contributed by atoms with E-state index in [-0.39, 0.29) is 23.9 Å². The molecule has 0 spiro atoms. The van der Waals surface area contributed by atoms with Crippen molar-refractivity contribution in [1.82, 2.24) is 4.98 Å². The number of nitro groups is 1. The number of pyridine rings is 1. The predicted octanol–water partition coefficient (Wildman–Crippen LogP) is 1.15. The fourth-order valence-corrected chi connectivity index (χ4v) is 1.09. The lowest BCUT2D eigenvalue weighted by Crippen LogP contribution is -1.99. The smallest absolute Gasteiger partial charge is 0.311 e. The zero-order valence-corrected chi connectivity index (χ0v) is 9.12. The highest BCUT2D eigenvalue weighted by Gasteiger charge is 2.12. The zero-order valence-electron chi connectivity index (χ0n) is 9.12. The monoisotopic (exact) mass is 237 g/mol. The molecule has 1 rings (SSSR count). The Kier molecular flexibility index (Phi) is 4.15. The van der Waals surface area contributed by atoms with Crippen molar-refractivity contribution < 1.29 is 14.5 Å². The molecule has 1 heterocycles. The van der Waals surface area contributed by atoms with Crippen LogP contribution >= 0.6 is 0 Å². The summed E-state index contributed by atoms with van der Waals surface area (Å²) >= 11 is 0. The van der Waals surface area contributed by atoms with E-state index in [1.165, 1.54) is 31.5 Å². The lowest BCUT2D eigenvalue weighted by atomic mass is 10.2. The SMILES string of the molecule is COC(=O)CC=Cc1cnc(N)c([N+](=O)[O-])c1. The van der Waals surface area contributed by atoms with Gasteiger partial charge in [-0.15, -0.1) is 0 Å². The summed E-state index contributed by atoms with van der Waals surface area (Å²) in [5, 5.41) is 10.6. The standard InChI is InChI=1S/C10H11N3O4/c1-17-9(14)4-2-3-7-5-8(13(15)16)10(11)12-6-7/h2-3,5-6H,4H2,1H3,(H2,11,12). The third-order valence-electron chi connectivity index (χ3n) is 1.94. The van der Waals surface area contributed by atoms with Gasteiger partial charge < -0.3 is 10.5 Å². The molecule has 0 aliphatic carbocycles. The van der Waals surface area contributed by atoms with Crippen LogP contribution in [0.2, 0.25) is 0 Å². The lowest BCUT2D eigenvalue weighted by Gasteiger charge is -1.97. The van der Waals surface area contributed by atoms with Gasteiger partial charge in [0.15, 0.2) is 0 Å². The van der Waals surface area contributed by atoms with Crippen LogP contribution < -0.4 is 5.73 Å². The zero-order chi connectivity index (χ0) is 12.8. The highest BCUT2D eigenvalue weighted by molar-refractivity contribution is 5.72. The van der Waals surface area contributed by atoms with Crippen LogP contribution in [0.15, 0.2) is 18.3 Å². The van der Waals surface area contributed by atoms with Crippen LogP contribution in [0.3, 0.4) is 0 Å². The Morgan fingerprint density at radius 2 is 2.41 bits per heavy atom. The van der Waals surface area contributed by atoms with Gasteiger partial charge in [-0.1, -0.05) is 12.2 Å². The average molecular weight is 237 g/mol. The molecule has 0 aliphatic rings. The first kappa shape index (κ1) is 12.6. The number of anilines is 1. The van der Waals surface area contributed by atoms with Crippen LogP contribution in [0.4, 0.5) is 11.5 Å². The van der Waals surface area contributed by atoms with E-state index in [1.54, 1.807) is 0 Å². The van der Waals surface area contributed by atoms with Crippen molar-refractivity contribution in [3.63, 3.8) is 0 Å². The topological polar surface area (TPSA) is 108 Å². The summed E-state index contributed by atoms with van der Waals surface area (Å²) in [6.45, 7) is 0. The van der Waals surface area contributed by atoms with Crippen molar-refractivity contribution in [2.75, 3.05) is 12.8 Å². The van der Waals surface area contributed by atoms with Gasteiger partial charge in [0.05, 0.1) is 18.5 Å². The maximum atomic E-state index is 10.8. The number of nitrogen functional groups attached to an aromatic ring is 1. The van der Waals surface area contributed by atoms with E-state index < -0.39 is 4.92 Å². The summed E-state index contributed by atoms with van der Waals surface area (Å²) in [5.74, 6) is -0.528. The minimum Gasteiger partial charge on any atom is -0.469 e. The van der Waals surface area contributed by atoms with Gasteiger partial charge in [0.2, 0.25) is 5.82 Å². The number of methoxy groups -OCH3 is 1. The van der Waals surface area contributed by atoms with Crippen molar-refractivity contribution in [3.8, 4) is 0 Å². The Bertz CT molecular complexity index is 471. The number of ether oxygens (including phenoxy) is 1. The van der Waals surface area contributed by atoms with Gasteiger partial charge in [0, 0.05) is 12.3 Å². The third kappa shape index (κ3) is 3.56. The molecule has 0 amide bonds. The van der Waals surface area contributed by atoms with Crippen LogP contribution in [-0.2, 0) is 9.53 Å². The van der Waals surface area contributed by atoms with Gasteiger partial charge in [-0.2, -0.15) is 0 Å². The molecular weight excluding hydrogens is 226 g/mol. The maximum Gasteiger partial charge on any atom is 0.311 e. The van der Waals surface area contributed by atoms with E-state index in [1.807, 2.05) is 0 Å². The van der Waals surface area contributed by atoms with Gasteiger partial charge in [-0.05, 0) is 5.56 Å². The molecule has 0 fully saturated rings. The molecular formula is C10H11N3O4. The molecule has 0 saturated carbocycles. The lowest BCUT2D eigenvalue weighted by molar-refractivity contribution is -0.384. The number of carbonyl (C=O) groups is 1. The molecule has 90 valence electrons. The van der Waals surface area contributed by atoms with Crippen molar-refractivity contribution in [1.29, 1.82) is 0 Å². The van der Waals surface area contributed by atoms with Crippen molar-refractivity contribution >= 4 is 23.6 Å². The Hall–Kier alpha value is -2.44. The Labute approximate surface area is 97.1 Å². The van der Waals surface area contributed by atoms with E-state index in [9.17, 15) is 14.9 Å². The summed E-state index contributed by atoms with van der Waals surface area (Å²) < 4.78 is 4.44. The number of nitrogens with two attached hydrogens (primary N) is 1. The van der Waals surface area contributed by atoms with Crippen molar-refractivity contribution in [2.45, 2.75) is 6.42 Å². The van der Waals surface area contributed by atoms with E-state index in [0.717, 1.165) is 0 Å². The fourth-order valence-electron chi connectivity index (χ4n) is 1.09. The van der Waals surface area contributed by atoms with E-state index in [0.29, 0.717) is 5.56 Å². The molecule has 17 heavy (non-hydrogen) atoms. The molecule has 0 bridgehead atoms. The summed E-state index contributed by atoms with van der Waals surface area (Å²) in [4.78, 5) is 24.5. The second kappa shape index (κ2) is 5.59. The molecule has 0 aliphatic heterocycles. The van der Waals surface area contributed by atoms with Gasteiger partial charge in [-0.3, -0.25) is 14.9 Å². The molecule has 1 aromatic rings. The first-order chi connectivity index (χ1) is 8.04. The number of hydrogen-bond donors (Lipinski definition) is 1. The van der Waals surface area contributed by atoms with E-state index in [2.05, 4.69) is 9.72 Å². The summed E-state index contributed by atoms with van der Waals surface area (Å²) in [7, 11) is 1.28. The molecule has 1 aromatic heterocycles. The van der Waals surface area contributed by atoms with Gasteiger partial charge in [0.25, 0.3) is 0 Å². The highest BCUT2D eigenvalue weighted by Crippen LogP contribution is 2.20. The first-order valence-corrected chi connectivity index (χ1v) is 4.68. The summed E-state index contributed by atoms with van der Waals surface area (Å²) in [6, 6.07) is 1.29. The van der Waals surface area contributed by atoms with Crippen molar-refractivity contribution in [3.05, 3.63) is 34.0 Å².